The maximum Gasteiger partial charge on any atom is 0.227 e. The van der Waals surface area contributed by atoms with E-state index < -0.39 is 0 Å². The SMILES string of the molecule is CCCc1c(NC)ncnc1Oc1ccc(Br)cc1Br. The van der Waals surface area contributed by atoms with E-state index in [0.717, 1.165) is 38.9 Å². The number of anilines is 1. The van der Waals surface area contributed by atoms with Crippen LogP contribution in [0.5, 0.6) is 11.6 Å². The van der Waals surface area contributed by atoms with Gasteiger partial charge < -0.3 is 10.1 Å². The van der Waals surface area contributed by atoms with Crippen molar-refractivity contribution in [3.8, 4) is 11.6 Å². The third-order valence-corrected chi connectivity index (χ3v) is 3.86. The molecule has 1 heterocycles. The standard InChI is InChI=1S/C14H15Br2N3O/c1-3-4-10-13(17-2)18-8-19-14(10)20-12-6-5-9(15)7-11(12)16/h5-8H,3-4H2,1-2H3,(H,17,18,19). The van der Waals surface area contributed by atoms with Gasteiger partial charge in [-0.3, -0.25) is 0 Å². The topological polar surface area (TPSA) is 47.0 Å². The Morgan fingerprint density at radius 2 is 2.05 bits per heavy atom. The number of benzene rings is 1. The molecule has 6 heteroatoms. The van der Waals surface area contributed by atoms with Gasteiger partial charge in [-0.1, -0.05) is 29.3 Å². The molecule has 0 aliphatic rings. The molecule has 0 saturated heterocycles. The van der Waals surface area contributed by atoms with Crippen molar-refractivity contribution in [2.45, 2.75) is 19.8 Å². The molecular weight excluding hydrogens is 386 g/mol. The number of nitrogens with zero attached hydrogens (tertiary/aromatic N) is 2. The van der Waals surface area contributed by atoms with Gasteiger partial charge in [0.1, 0.15) is 17.9 Å². The molecule has 106 valence electrons. The lowest BCUT2D eigenvalue weighted by Crippen LogP contribution is -2.03. The fourth-order valence-corrected chi connectivity index (χ4v) is 2.97. The Kier molecular flexibility index (Phi) is 5.37. The van der Waals surface area contributed by atoms with E-state index in [4.69, 9.17) is 4.74 Å². The van der Waals surface area contributed by atoms with Gasteiger partial charge >= 0.3 is 0 Å². The van der Waals surface area contributed by atoms with Crippen LogP contribution in [-0.2, 0) is 6.42 Å². The average Bonchev–Trinajstić information content (AvgIpc) is 2.43. The minimum atomic E-state index is 0.592. The zero-order chi connectivity index (χ0) is 14.5. The van der Waals surface area contributed by atoms with Crippen LogP contribution in [-0.4, -0.2) is 17.0 Å². The van der Waals surface area contributed by atoms with E-state index in [0.29, 0.717) is 5.88 Å². The molecule has 1 aromatic heterocycles. The van der Waals surface area contributed by atoms with Gasteiger partial charge in [-0.05, 0) is 40.5 Å². The molecule has 2 aromatic rings. The average molecular weight is 401 g/mol. The summed E-state index contributed by atoms with van der Waals surface area (Å²) in [5.74, 6) is 2.13. The zero-order valence-corrected chi connectivity index (χ0v) is 14.5. The molecule has 1 N–H and O–H groups in total. The second kappa shape index (κ2) is 7.04. The first-order valence-corrected chi connectivity index (χ1v) is 7.88. The fraction of sp³-hybridized carbons (Fsp3) is 0.286. The van der Waals surface area contributed by atoms with Gasteiger partial charge in [0.05, 0.1) is 10.0 Å². The third kappa shape index (κ3) is 3.49. The van der Waals surface area contributed by atoms with Crippen molar-refractivity contribution in [3.05, 3.63) is 39.0 Å². The molecule has 4 nitrogen and oxygen atoms in total. The highest BCUT2D eigenvalue weighted by atomic mass is 79.9. The predicted molar refractivity (Wildman–Crippen MR) is 87.5 cm³/mol. The Morgan fingerprint density at radius 1 is 1.25 bits per heavy atom. The van der Waals surface area contributed by atoms with Crippen LogP contribution in [0.4, 0.5) is 5.82 Å². The van der Waals surface area contributed by atoms with Crippen LogP contribution in [0.2, 0.25) is 0 Å². The Bertz CT molecular complexity index is 605. The minimum absolute atomic E-state index is 0.592. The van der Waals surface area contributed by atoms with E-state index in [1.807, 2.05) is 25.2 Å². The van der Waals surface area contributed by atoms with Gasteiger partial charge in [-0.25, -0.2) is 9.97 Å². The first kappa shape index (κ1) is 15.3. The Balaban J connectivity index is 2.37. The molecule has 0 aliphatic carbocycles. The van der Waals surface area contributed by atoms with Crippen molar-refractivity contribution >= 4 is 37.7 Å². The van der Waals surface area contributed by atoms with Gasteiger partial charge in [0.2, 0.25) is 5.88 Å². The lowest BCUT2D eigenvalue weighted by Gasteiger charge is -2.13. The quantitative estimate of drug-likeness (QED) is 0.783. The Morgan fingerprint density at radius 3 is 2.70 bits per heavy atom. The van der Waals surface area contributed by atoms with Crippen LogP contribution < -0.4 is 10.1 Å². The first-order chi connectivity index (χ1) is 9.65. The predicted octanol–water partition coefficient (Wildman–Crippen LogP) is 4.79. The third-order valence-electron chi connectivity index (χ3n) is 2.74. The second-order valence-electron chi connectivity index (χ2n) is 4.18. The summed E-state index contributed by atoms with van der Waals surface area (Å²) in [6.45, 7) is 2.12. The molecule has 0 radical (unpaired) electrons. The molecule has 0 fully saturated rings. The van der Waals surface area contributed by atoms with Gasteiger partial charge in [-0.15, -0.1) is 0 Å². The van der Waals surface area contributed by atoms with Gasteiger partial charge in [0.15, 0.2) is 0 Å². The molecule has 0 spiro atoms. The van der Waals surface area contributed by atoms with E-state index >= 15 is 0 Å². The van der Waals surface area contributed by atoms with Crippen LogP contribution in [0.1, 0.15) is 18.9 Å². The van der Waals surface area contributed by atoms with Crippen molar-refractivity contribution in [2.24, 2.45) is 0 Å². The summed E-state index contributed by atoms with van der Waals surface area (Å²) in [5, 5.41) is 3.08. The summed E-state index contributed by atoms with van der Waals surface area (Å²) in [6, 6.07) is 5.76. The van der Waals surface area contributed by atoms with Gasteiger partial charge in [0.25, 0.3) is 0 Å². The first-order valence-electron chi connectivity index (χ1n) is 6.30. The molecule has 0 saturated carbocycles. The van der Waals surface area contributed by atoms with E-state index in [-0.39, 0.29) is 0 Å². The highest BCUT2D eigenvalue weighted by Gasteiger charge is 2.13. The van der Waals surface area contributed by atoms with Gasteiger partial charge in [0, 0.05) is 11.5 Å². The highest BCUT2D eigenvalue weighted by molar-refractivity contribution is 9.11. The smallest absolute Gasteiger partial charge is 0.227 e. The summed E-state index contributed by atoms with van der Waals surface area (Å²) in [5.41, 5.74) is 0.993. The maximum absolute atomic E-state index is 5.93. The largest absolute Gasteiger partial charge is 0.437 e. The van der Waals surface area contributed by atoms with E-state index in [1.165, 1.54) is 6.33 Å². The van der Waals surface area contributed by atoms with Crippen LogP contribution >= 0.6 is 31.9 Å². The van der Waals surface area contributed by atoms with Crippen molar-refractivity contribution in [2.75, 3.05) is 12.4 Å². The molecule has 0 amide bonds. The number of hydrogen-bond donors (Lipinski definition) is 1. The number of aromatic nitrogens is 2. The van der Waals surface area contributed by atoms with Crippen LogP contribution in [0.25, 0.3) is 0 Å². The number of ether oxygens (including phenoxy) is 1. The summed E-state index contributed by atoms with van der Waals surface area (Å²) < 4.78 is 7.80. The second-order valence-corrected chi connectivity index (χ2v) is 5.95. The van der Waals surface area contributed by atoms with Crippen molar-refractivity contribution in [1.29, 1.82) is 0 Å². The van der Waals surface area contributed by atoms with Crippen LogP contribution in [0.15, 0.2) is 33.5 Å². The molecule has 1 aromatic carbocycles. The van der Waals surface area contributed by atoms with Crippen LogP contribution in [0.3, 0.4) is 0 Å². The number of nitrogens with one attached hydrogen (secondary N) is 1. The van der Waals surface area contributed by atoms with Crippen molar-refractivity contribution in [3.63, 3.8) is 0 Å². The summed E-state index contributed by atoms with van der Waals surface area (Å²) >= 11 is 6.91. The number of hydrogen-bond acceptors (Lipinski definition) is 4. The van der Waals surface area contributed by atoms with Crippen molar-refractivity contribution < 1.29 is 4.74 Å². The maximum atomic E-state index is 5.93. The Labute approximate surface area is 135 Å². The minimum Gasteiger partial charge on any atom is -0.437 e. The van der Waals surface area contributed by atoms with Crippen LogP contribution in [0, 0.1) is 0 Å². The molecule has 0 atom stereocenters. The molecule has 0 unspecified atom stereocenters. The highest BCUT2D eigenvalue weighted by Crippen LogP contribution is 2.34. The Hall–Kier alpha value is -1.14. The molecule has 2 rings (SSSR count). The summed E-state index contributed by atoms with van der Waals surface area (Å²) in [7, 11) is 1.85. The lowest BCUT2D eigenvalue weighted by molar-refractivity contribution is 0.451. The molecule has 20 heavy (non-hydrogen) atoms. The van der Waals surface area contributed by atoms with E-state index in [9.17, 15) is 0 Å². The summed E-state index contributed by atoms with van der Waals surface area (Å²) in [4.78, 5) is 8.49. The zero-order valence-electron chi connectivity index (χ0n) is 11.3. The fourth-order valence-electron chi connectivity index (χ4n) is 1.84. The number of rotatable bonds is 5. The van der Waals surface area contributed by atoms with E-state index in [2.05, 4.69) is 54.1 Å². The van der Waals surface area contributed by atoms with Crippen molar-refractivity contribution in [1.82, 2.24) is 9.97 Å². The lowest BCUT2D eigenvalue weighted by atomic mass is 10.1. The normalized spacial score (nSPS) is 10.4. The van der Waals surface area contributed by atoms with E-state index in [1.54, 1.807) is 0 Å². The number of halogens is 2. The molecule has 0 aliphatic heterocycles. The van der Waals surface area contributed by atoms with Gasteiger partial charge in [-0.2, -0.15) is 0 Å². The summed E-state index contributed by atoms with van der Waals surface area (Å²) in [6.07, 6.45) is 3.37. The monoisotopic (exact) mass is 399 g/mol. The molecule has 0 bridgehead atoms. The molecular formula is C14H15Br2N3O.